The van der Waals surface area contributed by atoms with Gasteiger partial charge in [-0.05, 0) is 30.5 Å². The number of hydrogen-bond acceptors (Lipinski definition) is 2. The van der Waals surface area contributed by atoms with Crippen LogP contribution in [0.5, 0.6) is 11.5 Å². The molecule has 1 aromatic carbocycles. The van der Waals surface area contributed by atoms with Gasteiger partial charge in [-0.3, -0.25) is 4.68 Å². The molecule has 0 bridgehead atoms. The van der Waals surface area contributed by atoms with Crippen molar-refractivity contribution >= 4 is 11.6 Å². The van der Waals surface area contributed by atoms with E-state index in [4.69, 9.17) is 16.3 Å². The molecule has 96 valence electrons. The molecule has 2 rings (SSSR count). The molecule has 0 fully saturated rings. The van der Waals surface area contributed by atoms with Crippen LogP contribution in [-0.4, -0.2) is 9.78 Å². The summed E-state index contributed by atoms with van der Waals surface area (Å²) in [5, 5.41) is 4.24. The minimum atomic E-state index is 0.523. The molecule has 0 unspecified atom stereocenters. The number of aromatic nitrogens is 2. The van der Waals surface area contributed by atoms with Crippen LogP contribution in [0.15, 0.2) is 30.6 Å². The number of ether oxygens (including phenoxy) is 1. The van der Waals surface area contributed by atoms with Crippen LogP contribution in [0.3, 0.4) is 0 Å². The van der Waals surface area contributed by atoms with Crippen LogP contribution in [0.1, 0.15) is 24.5 Å². The fourth-order valence-electron chi connectivity index (χ4n) is 1.78. The lowest BCUT2D eigenvalue weighted by atomic mass is 10.1. The predicted molar refractivity (Wildman–Crippen MR) is 73.3 cm³/mol. The highest BCUT2D eigenvalue weighted by molar-refractivity contribution is 6.17. The summed E-state index contributed by atoms with van der Waals surface area (Å²) in [6, 6.07) is 5.97. The van der Waals surface area contributed by atoms with Crippen LogP contribution >= 0.6 is 11.6 Å². The van der Waals surface area contributed by atoms with E-state index in [0.29, 0.717) is 5.88 Å². The van der Waals surface area contributed by atoms with Gasteiger partial charge in [-0.1, -0.05) is 19.1 Å². The minimum absolute atomic E-state index is 0.523. The molecule has 0 N–H and O–H groups in total. The molecule has 0 saturated heterocycles. The van der Waals surface area contributed by atoms with E-state index in [1.165, 1.54) is 0 Å². The molecule has 0 saturated carbocycles. The maximum absolute atomic E-state index is 5.81. The average Bonchev–Trinajstić information content (AvgIpc) is 2.80. The highest BCUT2D eigenvalue weighted by Crippen LogP contribution is 2.25. The molecule has 0 spiro atoms. The van der Waals surface area contributed by atoms with Crippen molar-refractivity contribution in [3.8, 4) is 11.5 Å². The van der Waals surface area contributed by atoms with Crippen molar-refractivity contribution in [1.29, 1.82) is 0 Å². The van der Waals surface area contributed by atoms with E-state index in [2.05, 4.69) is 12.0 Å². The number of hydrogen-bond donors (Lipinski definition) is 0. The normalized spacial score (nSPS) is 10.6. The van der Waals surface area contributed by atoms with E-state index in [9.17, 15) is 0 Å². The van der Waals surface area contributed by atoms with Crippen LogP contribution in [0.4, 0.5) is 0 Å². The zero-order valence-corrected chi connectivity index (χ0v) is 11.4. The zero-order valence-electron chi connectivity index (χ0n) is 10.7. The molecule has 18 heavy (non-hydrogen) atoms. The first-order valence-electron chi connectivity index (χ1n) is 6.08. The van der Waals surface area contributed by atoms with Gasteiger partial charge in [-0.2, -0.15) is 5.10 Å². The van der Waals surface area contributed by atoms with Crippen molar-refractivity contribution in [3.63, 3.8) is 0 Å². The summed E-state index contributed by atoms with van der Waals surface area (Å²) in [5.41, 5.74) is 2.18. The summed E-state index contributed by atoms with van der Waals surface area (Å²) in [6.07, 6.45) is 4.72. The molecular formula is C14H17ClN2O. The Bertz CT molecular complexity index is 522. The third-order valence-corrected chi connectivity index (χ3v) is 2.99. The van der Waals surface area contributed by atoms with Crippen molar-refractivity contribution in [3.05, 3.63) is 41.7 Å². The fraction of sp³-hybridized carbons (Fsp3) is 0.357. The van der Waals surface area contributed by atoms with Gasteiger partial charge >= 0.3 is 0 Å². The van der Waals surface area contributed by atoms with E-state index in [1.54, 1.807) is 6.20 Å². The first-order chi connectivity index (χ1) is 8.72. The minimum Gasteiger partial charge on any atom is -0.454 e. The molecule has 0 amide bonds. The van der Waals surface area contributed by atoms with Crippen molar-refractivity contribution < 1.29 is 4.74 Å². The largest absolute Gasteiger partial charge is 0.454 e. The van der Waals surface area contributed by atoms with Crippen molar-refractivity contribution in [2.75, 3.05) is 0 Å². The molecule has 0 aliphatic rings. The van der Waals surface area contributed by atoms with Gasteiger partial charge in [0.15, 0.2) is 5.75 Å². The van der Waals surface area contributed by atoms with E-state index in [-0.39, 0.29) is 0 Å². The van der Waals surface area contributed by atoms with Crippen LogP contribution < -0.4 is 4.74 Å². The second-order valence-corrected chi connectivity index (χ2v) is 4.54. The Balaban J connectivity index is 2.12. The third-order valence-electron chi connectivity index (χ3n) is 2.68. The van der Waals surface area contributed by atoms with Crippen LogP contribution in [0.2, 0.25) is 0 Å². The Morgan fingerprint density at radius 2 is 2.22 bits per heavy atom. The van der Waals surface area contributed by atoms with Crippen molar-refractivity contribution in [2.24, 2.45) is 0 Å². The SMILES string of the molecule is CCCn1cc(Oc2ccc(CCl)cc2C)cn1. The standard InChI is InChI=1S/C14H17ClN2O/c1-3-6-17-10-13(9-16-17)18-14-5-4-12(8-15)7-11(14)2/h4-5,7,9-10H,3,6,8H2,1-2H3. The smallest absolute Gasteiger partial charge is 0.165 e. The van der Waals surface area contributed by atoms with E-state index in [0.717, 1.165) is 35.6 Å². The Morgan fingerprint density at radius 1 is 1.39 bits per heavy atom. The van der Waals surface area contributed by atoms with Gasteiger partial charge in [0.2, 0.25) is 0 Å². The van der Waals surface area contributed by atoms with Gasteiger partial charge in [-0.15, -0.1) is 11.6 Å². The Hall–Kier alpha value is -1.48. The number of benzene rings is 1. The second kappa shape index (κ2) is 5.91. The van der Waals surface area contributed by atoms with Crippen molar-refractivity contribution in [2.45, 2.75) is 32.7 Å². The number of rotatable bonds is 5. The summed E-state index contributed by atoms with van der Waals surface area (Å²) in [4.78, 5) is 0. The molecule has 0 aliphatic carbocycles. The number of nitrogens with zero attached hydrogens (tertiary/aromatic N) is 2. The number of aryl methyl sites for hydroxylation is 2. The van der Waals surface area contributed by atoms with Crippen LogP contribution in [0.25, 0.3) is 0 Å². The van der Waals surface area contributed by atoms with E-state index in [1.807, 2.05) is 36.0 Å². The highest BCUT2D eigenvalue weighted by Gasteiger charge is 2.04. The molecular weight excluding hydrogens is 248 g/mol. The maximum atomic E-state index is 5.81. The quantitative estimate of drug-likeness (QED) is 0.759. The topological polar surface area (TPSA) is 27.1 Å². The van der Waals surface area contributed by atoms with Gasteiger partial charge in [-0.25, -0.2) is 0 Å². The van der Waals surface area contributed by atoms with Crippen LogP contribution in [0, 0.1) is 6.92 Å². The number of halogens is 1. The average molecular weight is 265 g/mol. The maximum Gasteiger partial charge on any atom is 0.165 e. The Labute approximate surface area is 112 Å². The van der Waals surface area contributed by atoms with Crippen LogP contribution in [-0.2, 0) is 12.4 Å². The summed E-state index contributed by atoms with van der Waals surface area (Å²) >= 11 is 5.80. The lowest BCUT2D eigenvalue weighted by molar-refractivity contribution is 0.476. The second-order valence-electron chi connectivity index (χ2n) is 4.27. The molecule has 3 nitrogen and oxygen atoms in total. The third kappa shape index (κ3) is 3.05. The summed E-state index contributed by atoms with van der Waals surface area (Å²) in [7, 11) is 0. The molecule has 1 heterocycles. The monoisotopic (exact) mass is 264 g/mol. The fourth-order valence-corrected chi connectivity index (χ4v) is 1.95. The lowest BCUT2D eigenvalue weighted by Crippen LogP contribution is -1.95. The predicted octanol–water partition coefficient (Wildman–Crippen LogP) is 4.13. The summed E-state index contributed by atoms with van der Waals surface area (Å²) < 4.78 is 7.70. The Kier molecular flexibility index (Phi) is 4.26. The molecule has 4 heteroatoms. The van der Waals surface area contributed by atoms with Gasteiger partial charge in [0.25, 0.3) is 0 Å². The molecule has 0 aliphatic heterocycles. The Morgan fingerprint density at radius 3 is 2.89 bits per heavy atom. The van der Waals surface area contributed by atoms with Gasteiger partial charge in [0.05, 0.1) is 12.4 Å². The van der Waals surface area contributed by atoms with Crippen molar-refractivity contribution in [1.82, 2.24) is 9.78 Å². The van der Waals surface area contributed by atoms with Gasteiger partial charge < -0.3 is 4.74 Å². The highest BCUT2D eigenvalue weighted by atomic mass is 35.5. The zero-order chi connectivity index (χ0) is 13.0. The van der Waals surface area contributed by atoms with E-state index >= 15 is 0 Å². The van der Waals surface area contributed by atoms with Gasteiger partial charge in [0, 0.05) is 12.4 Å². The van der Waals surface area contributed by atoms with Gasteiger partial charge in [0.1, 0.15) is 5.75 Å². The molecule has 0 radical (unpaired) electrons. The summed E-state index contributed by atoms with van der Waals surface area (Å²) in [5.74, 6) is 2.14. The molecule has 1 aromatic heterocycles. The first-order valence-corrected chi connectivity index (χ1v) is 6.62. The number of alkyl halides is 1. The lowest BCUT2D eigenvalue weighted by Gasteiger charge is -2.07. The first kappa shape index (κ1) is 13.0. The van der Waals surface area contributed by atoms with E-state index < -0.39 is 0 Å². The molecule has 2 aromatic rings. The summed E-state index contributed by atoms with van der Waals surface area (Å²) in [6.45, 7) is 5.05. The molecule has 0 atom stereocenters.